The molecule has 0 fully saturated rings. The van der Waals surface area contributed by atoms with Crippen molar-refractivity contribution in [2.24, 2.45) is 5.73 Å². The molecule has 0 saturated carbocycles. The summed E-state index contributed by atoms with van der Waals surface area (Å²) in [6, 6.07) is 3.42. The van der Waals surface area contributed by atoms with Crippen LogP contribution in [0, 0.1) is 0 Å². The first-order chi connectivity index (χ1) is 8.74. The molecular weight excluding hydrogens is 232 g/mol. The van der Waals surface area contributed by atoms with Crippen LogP contribution in [-0.2, 0) is 11.3 Å². The van der Waals surface area contributed by atoms with Crippen LogP contribution in [0.5, 0.6) is 0 Å². The van der Waals surface area contributed by atoms with Crippen molar-refractivity contribution in [2.75, 3.05) is 26.8 Å². The van der Waals surface area contributed by atoms with Gasteiger partial charge in [-0.25, -0.2) is 0 Å². The first-order valence-corrected chi connectivity index (χ1v) is 5.99. The van der Waals surface area contributed by atoms with Crippen molar-refractivity contribution in [1.82, 2.24) is 4.90 Å². The van der Waals surface area contributed by atoms with Gasteiger partial charge in [-0.3, -0.25) is 4.79 Å². The molecule has 1 aliphatic rings. The van der Waals surface area contributed by atoms with Crippen LogP contribution in [0.15, 0.2) is 28.2 Å². The van der Waals surface area contributed by atoms with Gasteiger partial charge in [-0.1, -0.05) is 6.08 Å². The maximum atomic E-state index is 12.1. The van der Waals surface area contributed by atoms with Crippen LogP contribution in [0.25, 0.3) is 0 Å². The Labute approximate surface area is 106 Å². The second kappa shape index (κ2) is 5.84. The molecule has 2 heterocycles. The van der Waals surface area contributed by atoms with Crippen LogP contribution in [-0.4, -0.2) is 37.6 Å². The lowest BCUT2D eigenvalue weighted by Gasteiger charge is -2.25. The third kappa shape index (κ3) is 2.80. The number of furan rings is 1. The van der Waals surface area contributed by atoms with E-state index < -0.39 is 0 Å². The molecule has 1 amide bonds. The quantitative estimate of drug-likeness (QED) is 0.814. The van der Waals surface area contributed by atoms with Gasteiger partial charge in [0.1, 0.15) is 5.76 Å². The molecular formula is C13H18N2O3. The summed E-state index contributed by atoms with van der Waals surface area (Å²) in [5, 5.41) is 0. The predicted molar refractivity (Wildman–Crippen MR) is 67.1 cm³/mol. The number of carbonyl (C=O) groups is 1. The van der Waals surface area contributed by atoms with Crippen LogP contribution in [0.1, 0.15) is 22.7 Å². The van der Waals surface area contributed by atoms with Crippen LogP contribution >= 0.6 is 0 Å². The molecule has 0 aromatic carbocycles. The Morgan fingerprint density at radius 1 is 1.56 bits per heavy atom. The summed E-state index contributed by atoms with van der Waals surface area (Å²) in [5.74, 6) is 0.910. The predicted octanol–water partition coefficient (Wildman–Crippen LogP) is 1.16. The molecule has 2 rings (SSSR count). The monoisotopic (exact) mass is 250 g/mol. The molecule has 0 spiro atoms. The standard InChI is InChI=1S/C13H18N2O3/c1-17-9-10-4-6-15(7-5-10)13(16)12-3-2-11(8-14)18-12/h2-4H,5-9,14H2,1H3. The van der Waals surface area contributed by atoms with Crippen LogP contribution < -0.4 is 5.73 Å². The molecule has 2 N–H and O–H groups in total. The summed E-state index contributed by atoms with van der Waals surface area (Å²) >= 11 is 0. The Hall–Kier alpha value is -1.59. The van der Waals surface area contributed by atoms with E-state index in [1.54, 1.807) is 24.1 Å². The van der Waals surface area contributed by atoms with Gasteiger partial charge in [-0.2, -0.15) is 0 Å². The summed E-state index contributed by atoms with van der Waals surface area (Å²) in [4.78, 5) is 13.9. The summed E-state index contributed by atoms with van der Waals surface area (Å²) in [7, 11) is 1.68. The average Bonchev–Trinajstić information content (AvgIpc) is 2.88. The summed E-state index contributed by atoms with van der Waals surface area (Å²) in [5.41, 5.74) is 6.69. The lowest BCUT2D eigenvalue weighted by Crippen LogP contribution is -2.35. The minimum atomic E-state index is -0.0811. The highest BCUT2D eigenvalue weighted by atomic mass is 16.5. The van der Waals surface area contributed by atoms with Gasteiger partial charge < -0.3 is 19.8 Å². The Balaban J connectivity index is 1.99. The lowest BCUT2D eigenvalue weighted by atomic mass is 10.1. The second-order valence-corrected chi connectivity index (χ2v) is 4.27. The van der Waals surface area contributed by atoms with E-state index in [9.17, 15) is 4.79 Å². The number of rotatable bonds is 4. The third-order valence-electron chi connectivity index (χ3n) is 2.99. The van der Waals surface area contributed by atoms with Crippen LogP contribution in [0.3, 0.4) is 0 Å². The van der Waals surface area contributed by atoms with Crippen LogP contribution in [0.2, 0.25) is 0 Å². The topological polar surface area (TPSA) is 68.7 Å². The zero-order valence-corrected chi connectivity index (χ0v) is 10.5. The van der Waals surface area contributed by atoms with Gasteiger partial charge in [0.2, 0.25) is 0 Å². The Morgan fingerprint density at radius 3 is 2.94 bits per heavy atom. The highest BCUT2D eigenvalue weighted by Crippen LogP contribution is 2.15. The van der Waals surface area contributed by atoms with Gasteiger partial charge in [-0.05, 0) is 24.1 Å². The molecule has 1 aromatic heterocycles. The molecule has 0 unspecified atom stereocenters. The summed E-state index contributed by atoms with van der Waals surface area (Å²) < 4.78 is 10.4. The van der Waals surface area contributed by atoms with Crippen molar-refractivity contribution in [2.45, 2.75) is 13.0 Å². The van der Waals surface area contributed by atoms with Gasteiger partial charge in [0.15, 0.2) is 5.76 Å². The average molecular weight is 250 g/mol. The lowest BCUT2D eigenvalue weighted by molar-refractivity contribution is 0.0731. The maximum Gasteiger partial charge on any atom is 0.289 e. The molecule has 0 atom stereocenters. The molecule has 98 valence electrons. The zero-order valence-electron chi connectivity index (χ0n) is 10.5. The fourth-order valence-electron chi connectivity index (χ4n) is 1.97. The SMILES string of the molecule is COCC1=CCN(C(=O)c2ccc(CN)o2)CC1. The highest BCUT2D eigenvalue weighted by Gasteiger charge is 2.21. The molecule has 1 aliphatic heterocycles. The minimum absolute atomic E-state index is 0.0811. The largest absolute Gasteiger partial charge is 0.455 e. The number of hydrogen-bond acceptors (Lipinski definition) is 4. The normalized spacial score (nSPS) is 15.7. The third-order valence-corrected chi connectivity index (χ3v) is 2.99. The molecule has 5 heteroatoms. The molecule has 0 saturated heterocycles. The van der Waals surface area contributed by atoms with E-state index >= 15 is 0 Å². The number of nitrogens with two attached hydrogens (primary N) is 1. The molecule has 5 nitrogen and oxygen atoms in total. The van der Waals surface area contributed by atoms with Crippen LogP contribution in [0.4, 0.5) is 0 Å². The Morgan fingerprint density at radius 2 is 2.39 bits per heavy atom. The number of carbonyl (C=O) groups excluding carboxylic acids is 1. The molecule has 0 bridgehead atoms. The highest BCUT2D eigenvalue weighted by molar-refractivity contribution is 5.91. The molecule has 0 aliphatic carbocycles. The van der Waals surface area contributed by atoms with E-state index in [2.05, 4.69) is 0 Å². The maximum absolute atomic E-state index is 12.1. The molecule has 0 radical (unpaired) electrons. The van der Waals surface area contributed by atoms with Crippen molar-refractivity contribution >= 4 is 5.91 Å². The zero-order chi connectivity index (χ0) is 13.0. The fourth-order valence-corrected chi connectivity index (χ4v) is 1.97. The van der Waals surface area contributed by atoms with E-state index in [4.69, 9.17) is 14.9 Å². The van der Waals surface area contributed by atoms with Gasteiger partial charge in [0, 0.05) is 20.2 Å². The summed E-state index contributed by atoms with van der Waals surface area (Å²) in [6.07, 6.45) is 2.89. The number of hydrogen-bond donors (Lipinski definition) is 1. The Kier molecular flexibility index (Phi) is 4.17. The van der Waals surface area contributed by atoms with Crippen molar-refractivity contribution in [1.29, 1.82) is 0 Å². The van der Waals surface area contributed by atoms with Crippen molar-refractivity contribution < 1.29 is 13.9 Å². The fraction of sp³-hybridized carbons (Fsp3) is 0.462. The number of ether oxygens (including phenoxy) is 1. The van der Waals surface area contributed by atoms with Crippen molar-refractivity contribution in [3.05, 3.63) is 35.3 Å². The van der Waals surface area contributed by atoms with Gasteiger partial charge in [-0.15, -0.1) is 0 Å². The first kappa shape index (κ1) is 12.9. The summed E-state index contributed by atoms with van der Waals surface area (Å²) in [6.45, 7) is 2.26. The van der Waals surface area contributed by atoms with E-state index in [0.717, 1.165) is 6.42 Å². The number of nitrogens with zero attached hydrogens (tertiary/aromatic N) is 1. The minimum Gasteiger partial charge on any atom is -0.455 e. The van der Waals surface area contributed by atoms with E-state index in [0.29, 0.717) is 37.8 Å². The number of amides is 1. The van der Waals surface area contributed by atoms with Crippen molar-refractivity contribution in [3.63, 3.8) is 0 Å². The van der Waals surface area contributed by atoms with Gasteiger partial charge in [0.05, 0.1) is 13.2 Å². The van der Waals surface area contributed by atoms with Gasteiger partial charge in [0.25, 0.3) is 5.91 Å². The molecule has 18 heavy (non-hydrogen) atoms. The second-order valence-electron chi connectivity index (χ2n) is 4.27. The number of methoxy groups -OCH3 is 1. The van der Waals surface area contributed by atoms with E-state index in [-0.39, 0.29) is 5.91 Å². The Bertz CT molecular complexity index is 451. The smallest absolute Gasteiger partial charge is 0.289 e. The van der Waals surface area contributed by atoms with Gasteiger partial charge >= 0.3 is 0 Å². The molecule has 1 aromatic rings. The van der Waals surface area contributed by atoms with E-state index in [1.807, 2.05) is 6.08 Å². The van der Waals surface area contributed by atoms with Crippen molar-refractivity contribution in [3.8, 4) is 0 Å². The first-order valence-electron chi connectivity index (χ1n) is 5.99. The van der Waals surface area contributed by atoms with E-state index in [1.165, 1.54) is 5.57 Å².